The van der Waals surface area contributed by atoms with Crippen molar-refractivity contribution in [3.05, 3.63) is 34.9 Å². The molecule has 5 N–H and O–H groups in total. The van der Waals surface area contributed by atoms with E-state index in [4.69, 9.17) is 0 Å². The van der Waals surface area contributed by atoms with Crippen molar-refractivity contribution in [3.8, 4) is 0 Å². The molecule has 0 aliphatic carbocycles. The Morgan fingerprint density at radius 1 is 0.889 bits per heavy atom. The lowest BCUT2D eigenvalue weighted by atomic mass is 9.50. The number of carboxylic acid groups (broad SMARTS) is 1. The third-order valence-corrected chi connectivity index (χ3v) is 8.09. The Morgan fingerprint density at radius 3 is 2.02 bits per heavy atom. The Labute approximate surface area is 258 Å². The maximum Gasteiger partial charge on any atom is 0.335 e. The second kappa shape index (κ2) is 13.8. The van der Waals surface area contributed by atoms with Crippen LogP contribution >= 0.6 is 0 Å². The van der Waals surface area contributed by atoms with Crippen LogP contribution in [0, 0.1) is 0 Å². The van der Waals surface area contributed by atoms with E-state index in [-0.39, 0.29) is 57.6 Å². The summed E-state index contributed by atoms with van der Waals surface area (Å²) in [6.45, 7) is 2.03. The molecule has 2 saturated heterocycles. The topological polar surface area (TPSA) is 226 Å². The minimum Gasteiger partial charge on any atom is -0.478 e. The molecule has 0 aromatic heterocycles. The van der Waals surface area contributed by atoms with E-state index in [1.807, 2.05) is 0 Å². The number of nitrogens with zero attached hydrogens (tertiary/aromatic N) is 4. The fraction of sp³-hybridized carbons (Fsp3) is 0.481. The molecule has 0 bridgehead atoms. The zero-order valence-electron chi connectivity index (χ0n) is 24.8. The number of rotatable bonds is 8. The monoisotopic (exact) mass is 627 g/mol. The van der Waals surface area contributed by atoms with Crippen molar-refractivity contribution in [1.82, 2.24) is 35.6 Å². The second-order valence-electron chi connectivity index (χ2n) is 10.7. The summed E-state index contributed by atoms with van der Waals surface area (Å²) in [7, 11) is 0. The molecule has 3 aliphatic heterocycles. The van der Waals surface area contributed by atoms with Gasteiger partial charge in [0, 0.05) is 51.8 Å². The van der Waals surface area contributed by atoms with Gasteiger partial charge in [-0.2, -0.15) is 0 Å². The summed E-state index contributed by atoms with van der Waals surface area (Å²) in [6, 6.07) is 0.985. The minimum absolute atomic E-state index is 0.0272. The van der Waals surface area contributed by atoms with Crippen LogP contribution in [-0.2, 0) is 36.7 Å². The molecule has 18 heteroatoms. The Kier molecular flexibility index (Phi) is 10.1. The van der Waals surface area contributed by atoms with Gasteiger partial charge in [-0.1, -0.05) is 12.1 Å². The number of benzene rings is 1. The number of amides is 9. The molecule has 3 heterocycles. The van der Waals surface area contributed by atoms with Crippen LogP contribution in [0.2, 0.25) is 0 Å². The average Bonchev–Trinajstić information content (AvgIpc) is 3.01. The molecule has 45 heavy (non-hydrogen) atoms. The Hall–Kier alpha value is -5.00. The summed E-state index contributed by atoms with van der Waals surface area (Å²) >= 11 is 0. The van der Waals surface area contributed by atoms with Gasteiger partial charge in [0.15, 0.2) is 0 Å². The molecule has 1 aromatic rings. The van der Waals surface area contributed by atoms with Crippen molar-refractivity contribution < 1.29 is 48.5 Å². The predicted octanol–water partition coefficient (Wildman–Crippen LogP) is -2.80. The van der Waals surface area contributed by atoms with Crippen molar-refractivity contribution >= 4 is 54.5 Å². The quantitative estimate of drug-likeness (QED) is 0.147. The van der Waals surface area contributed by atoms with Gasteiger partial charge < -0.3 is 35.9 Å². The smallest absolute Gasteiger partial charge is 0.335 e. The van der Waals surface area contributed by atoms with E-state index in [2.05, 4.69) is 16.0 Å². The zero-order chi connectivity index (χ0) is 33.0. The van der Waals surface area contributed by atoms with Crippen LogP contribution in [0.5, 0.6) is 0 Å². The van der Waals surface area contributed by atoms with Crippen molar-refractivity contribution in [2.24, 2.45) is 0 Å². The van der Waals surface area contributed by atoms with Crippen LogP contribution in [0.15, 0.2) is 18.2 Å². The Morgan fingerprint density at radius 2 is 1.47 bits per heavy atom. The highest BCUT2D eigenvalue weighted by molar-refractivity contribution is 6.52. The molecule has 0 saturated carbocycles. The van der Waals surface area contributed by atoms with Crippen molar-refractivity contribution in [3.63, 3.8) is 0 Å². The van der Waals surface area contributed by atoms with Gasteiger partial charge in [0.05, 0.1) is 5.56 Å². The summed E-state index contributed by atoms with van der Waals surface area (Å²) in [5.41, 5.74) is 1.04. The molecule has 0 radical (unpaired) electrons. The number of hydrogen-bond acceptors (Lipinski definition) is 9. The first-order valence-corrected chi connectivity index (χ1v) is 14.5. The Balaban J connectivity index is 1.50. The third kappa shape index (κ3) is 6.90. The molecule has 17 nitrogen and oxygen atoms in total. The highest BCUT2D eigenvalue weighted by atomic mass is 16.4. The molecular weight excluding hydrogens is 593 g/mol. The fourth-order valence-corrected chi connectivity index (χ4v) is 5.48. The highest BCUT2D eigenvalue weighted by Crippen LogP contribution is 2.24. The van der Waals surface area contributed by atoms with E-state index >= 15 is 0 Å². The molecule has 2 atom stereocenters. The van der Waals surface area contributed by atoms with Gasteiger partial charge >= 0.3 is 48.6 Å². The SMILES string of the molecule is CCN1CCN(C(=O)NCC(NC(=O)N2CCN(CC)C(=O)C2=O)C(=O)N[C@H]2Cc3cccc(C(=O)O)c3CB2O)C(=O)C1=O. The molecule has 1 unspecified atom stereocenters. The van der Waals surface area contributed by atoms with Gasteiger partial charge in [-0.15, -0.1) is 0 Å². The first kappa shape index (κ1) is 32.9. The first-order chi connectivity index (χ1) is 21.4. The molecule has 4 rings (SSSR count). The number of imide groups is 2. The summed E-state index contributed by atoms with van der Waals surface area (Å²) in [6.07, 6.45) is -0.0185. The van der Waals surface area contributed by atoms with Gasteiger partial charge in [0.1, 0.15) is 6.04 Å². The molecule has 3 aliphatic rings. The number of nitrogens with one attached hydrogen (secondary N) is 3. The molecule has 240 valence electrons. The zero-order valence-corrected chi connectivity index (χ0v) is 24.8. The van der Waals surface area contributed by atoms with E-state index < -0.39 is 73.0 Å². The number of carbonyl (C=O) groups excluding carboxylic acids is 7. The van der Waals surface area contributed by atoms with Crippen molar-refractivity contribution in [1.29, 1.82) is 0 Å². The van der Waals surface area contributed by atoms with Crippen LogP contribution in [0.3, 0.4) is 0 Å². The molecule has 2 fully saturated rings. The van der Waals surface area contributed by atoms with E-state index in [0.29, 0.717) is 20.9 Å². The largest absolute Gasteiger partial charge is 0.478 e. The number of fused-ring (bicyclic) bond motifs is 1. The molecule has 9 amide bonds. The maximum absolute atomic E-state index is 13.5. The van der Waals surface area contributed by atoms with Crippen LogP contribution in [0.1, 0.15) is 35.3 Å². The number of likely N-dealkylation sites (N-methyl/N-ethyl adjacent to an activating group) is 2. The van der Waals surface area contributed by atoms with Gasteiger partial charge in [0.2, 0.25) is 5.91 Å². The lowest BCUT2D eigenvalue weighted by Crippen LogP contribution is -2.64. The van der Waals surface area contributed by atoms with Gasteiger partial charge in [0.25, 0.3) is 0 Å². The van der Waals surface area contributed by atoms with Gasteiger partial charge in [-0.25, -0.2) is 14.4 Å². The van der Waals surface area contributed by atoms with E-state index in [1.165, 1.54) is 15.9 Å². The number of hydrogen-bond donors (Lipinski definition) is 5. The summed E-state index contributed by atoms with van der Waals surface area (Å²) < 4.78 is 0. The third-order valence-electron chi connectivity index (χ3n) is 8.09. The number of carbonyl (C=O) groups is 8. The van der Waals surface area contributed by atoms with Crippen LogP contribution in [0.4, 0.5) is 9.59 Å². The summed E-state index contributed by atoms with van der Waals surface area (Å²) in [5.74, 6) is -6.88. The highest BCUT2D eigenvalue weighted by Gasteiger charge is 2.40. The lowest BCUT2D eigenvalue weighted by molar-refractivity contribution is -0.153. The predicted molar refractivity (Wildman–Crippen MR) is 154 cm³/mol. The normalized spacial score (nSPS) is 19.3. The fourth-order valence-electron chi connectivity index (χ4n) is 5.48. The second-order valence-corrected chi connectivity index (χ2v) is 10.7. The number of urea groups is 2. The van der Waals surface area contributed by atoms with Crippen LogP contribution in [0.25, 0.3) is 0 Å². The lowest BCUT2D eigenvalue weighted by Gasteiger charge is -2.34. The van der Waals surface area contributed by atoms with E-state index in [0.717, 1.165) is 0 Å². The minimum atomic E-state index is -1.56. The number of aromatic carboxylic acids is 1. The first-order valence-electron chi connectivity index (χ1n) is 14.5. The summed E-state index contributed by atoms with van der Waals surface area (Å²) in [5, 5.41) is 27.6. The van der Waals surface area contributed by atoms with Gasteiger partial charge in [-0.05, 0) is 43.8 Å². The Bertz CT molecular complexity index is 1440. The number of piperazine rings is 2. The van der Waals surface area contributed by atoms with Crippen molar-refractivity contribution in [2.45, 2.75) is 38.6 Å². The van der Waals surface area contributed by atoms with Gasteiger partial charge in [-0.3, -0.25) is 33.8 Å². The molecular formula is C27H34BN7O10. The average molecular weight is 627 g/mol. The van der Waals surface area contributed by atoms with Crippen molar-refractivity contribution in [2.75, 3.05) is 45.8 Å². The van der Waals surface area contributed by atoms with E-state index in [9.17, 15) is 48.5 Å². The molecule has 0 spiro atoms. The van der Waals surface area contributed by atoms with Crippen LogP contribution < -0.4 is 16.0 Å². The van der Waals surface area contributed by atoms with Crippen LogP contribution in [-0.4, -0.2) is 142 Å². The standard InChI is InChI=1S/C27H34BN7O10/c1-3-32-8-10-34(23(39)21(32)37)26(43)29-14-18(30-27(44)35-11-9-33(4-2)22(38)24(35)40)20(36)31-19-12-15-6-5-7-16(25(41)42)17(15)13-28(19)45/h5-7,18-19,45H,3-4,8-14H2,1-2H3,(H,29,43)(H,30,44)(H,31,36)(H,41,42)/t18?,19-/m0/s1. The molecule has 1 aromatic carbocycles. The van der Waals surface area contributed by atoms with E-state index in [1.54, 1.807) is 26.0 Å². The number of carboxylic acids is 1. The maximum atomic E-state index is 13.5. The summed E-state index contributed by atoms with van der Waals surface area (Å²) in [4.78, 5) is 105.